The minimum Gasteiger partial charge on any atom is -0.813 e. The second kappa shape index (κ2) is 16.1. The van der Waals surface area contributed by atoms with Crippen LogP contribution in [0.3, 0.4) is 0 Å². The van der Waals surface area contributed by atoms with Crippen LogP contribution in [0.25, 0.3) is 0 Å². The predicted molar refractivity (Wildman–Crippen MR) is 156 cm³/mol. The minimum atomic E-state index is -0.388. The molecule has 0 saturated carbocycles. The zero-order chi connectivity index (χ0) is 24.7. The van der Waals surface area contributed by atoms with E-state index in [1.54, 1.807) is 6.20 Å². The third-order valence-electron chi connectivity index (χ3n) is 5.62. The summed E-state index contributed by atoms with van der Waals surface area (Å²) in [4.78, 5) is 11.0. The van der Waals surface area contributed by atoms with Gasteiger partial charge in [-0.15, -0.1) is 6.42 Å². The van der Waals surface area contributed by atoms with E-state index >= 15 is 0 Å². The van der Waals surface area contributed by atoms with E-state index in [-0.39, 0.29) is 52.8 Å². The molecule has 0 aliphatic carbocycles. The number of rotatable bonds is 6. The molecular formula is C31H46NOSW-. The molecule has 2 nitrogen and oxygen atoms in total. The van der Waals surface area contributed by atoms with Gasteiger partial charge in [0.15, 0.2) is 0 Å². The number of aldehydes is 1. The Morgan fingerprint density at radius 3 is 1.74 bits per heavy atom. The molecule has 0 aliphatic heterocycles. The topological polar surface area (TPSA) is 29.1 Å². The van der Waals surface area contributed by atoms with Crippen molar-refractivity contribution in [2.24, 2.45) is 0 Å². The molecule has 0 atom stereocenters. The summed E-state index contributed by atoms with van der Waals surface area (Å²) in [7, 11) is 0. The molecule has 1 N–H and O–H groups in total. The molecule has 35 heavy (non-hydrogen) atoms. The van der Waals surface area contributed by atoms with Crippen LogP contribution in [-0.4, -0.2) is 6.29 Å². The number of anilines is 1. The fourth-order valence-corrected chi connectivity index (χ4v) is 3.41. The van der Waals surface area contributed by atoms with E-state index in [1.807, 2.05) is 26.0 Å². The Morgan fingerprint density at radius 2 is 1.40 bits per heavy atom. The van der Waals surface area contributed by atoms with Gasteiger partial charge < -0.3 is 23.6 Å². The van der Waals surface area contributed by atoms with Crippen molar-refractivity contribution in [1.29, 1.82) is 0 Å². The van der Waals surface area contributed by atoms with Crippen molar-refractivity contribution in [1.82, 2.24) is 0 Å². The van der Waals surface area contributed by atoms with Gasteiger partial charge in [-0.05, 0) is 71.7 Å². The van der Waals surface area contributed by atoms with Gasteiger partial charge in [0.1, 0.15) is 6.29 Å². The van der Waals surface area contributed by atoms with Crippen molar-refractivity contribution in [3.05, 3.63) is 77.0 Å². The van der Waals surface area contributed by atoms with Crippen molar-refractivity contribution in [2.45, 2.75) is 92.4 Å². The number of hydrogen-bond acceptors (Lipinski definition) is 3. The van der Waals surface area contributed by atoms with Gasteiger partial charge in [0.25, 0.3) is 0 Å². The van der Waals surface area contributed by atoms with Crippen LogP contribution in [0.4, 0.5) is 5.69 Å². The van der Waals surface area contributed by atoms with Crippen LogP contribution in [0, 0.1) is 12.3 Å². The number of thiol groups is 1. The maximum Gasteiger partial charge on any atom is 0.129 e. The zero-order valence-electron chi connectivity index (χ0n) is 22.3. The summed E-state index contributed by atoms with van der Waals surface area (Å²) in [5, 5.41) is 3.25. The number of carbonyl (C=O) groups is 1. The Morgan fingerprint density at radius 1 is 0.943 bits per heavy atom. The van der Waals surface area contributed by atoms with Crippen LogP contribution in [-0.2, 0) is 50.2 Å². The summed E-state index contributed by atoms with van der Waals surface area (Å²) in [6, 6.07) is 12.5. The van der Waals surface area contributed by atoms with Crippen LogP contribution >= 0.6 is 0 Å². The molecule has 0 spiro atoms. The predicted octanol–water partition coefficient (Wildman–Crippen LogP) is 8.29. The van der Waals surface area contributed by atoms with E-state index in [0.29, 0.717) is 11.8 Å². The Kier molecular flexibility index (Phi) is 17.4. The number of benzene rings is 2. The van der Waals surface area contributed by atoms with Crippen LogP contribution in [0.15, 0.2) is 49.2 Å². The van der Waals surface area contributed by atoms with Gasteiger partial charge in [-0.3, -0.25) is 0 Å². The second-order valence-corrected chi connectivity index (χ2v) is 10.5. The fourth-order valence-electron chi connectivity index (χ4n) is 3.41. The first-order chi connectivity index (χ1) is 14.8. The first-order valence-corrected chi connectivity index (χ1v) is 11.4. The van der Waals surface area contributed by atoms with Gasteiger partial charge in [0.2, 0.25) is 0 Å². The number of terminal acetylenes is 1. The SMILES string of the molecule is C.C#Cc1cc(C(C)C)c(NC=C)c(C(C)C)c1.CC(C)(C)c1cccc(C(C)(C)C=O)c1.[SH-].[W]. The first-order valence-electron chi connectivity index (χ1n) is 11.4. The van der Waals surface area contributed by atoms with Gasteiger partial charge in [0, 0.05) is 37.7 Å². The Balaban J connectivity index is -0.000000542. The number of hydrogen-bond donors (Lipinski definition) is 1. The molecule has 0 radical (unpaired) electrons. The maximum atomic E-state index is 11.0. The second-order valence-electron chi connectivity index (χ2n) is 10.5. The zero-order valence-corrected chi connectivity index (χ0v) is 26.1. The van der Waals surface area contributed by atoms with E-state index in [9.17, 15) is 4.79 Å². The van der Waals surface area contributed by atoms with E-state index in [1.165, 1.54) is 16.7 Å². The van der Waals surface area contributed by atoms with Crippen LogP contribution in [0.1, 0.15) is 109 Å². The molecule has 0 heterocycles. The van der Waals surface area contributed by atoms with Crippen molar-refractivity contribution in [3.8, 4) is 12.3 Å². The summed E-state index contributed by atoms with van der Waals surface area (Å²) >= 11 is 0. The molecule has 0 unspecified atom stereocenters. The third-order valence-corrected chi connectivity index (χ3v) is 5.62. The molecule has 2 rings (SSSR count). The Bertz CT molecular complexity index is 949. The van der Waals surface area contributed by atoms with Gasteiger partial charge in [0.05, 0.1) is 0 Å². The van der Waals surface area contributed by atoms with Gasteiger partial charge in [-0.2, -0.15) is 0 Å². The van der Waals surface area contributed by atoms with Crippen LogP contribution in [0.2, 0.25) is 0 Å². The van der Waals surface area contributed by atoms with Gasteiger partial charge in [-0.1, -0.05) is 92.7 Å². The van der Waals surface area contributed by atoms with E-state index in [0.717, 1.165) is 23.1 Å². The molecule has 2 aromatic rings. The van der Waals surface area contributed by atoms with E-state index < -0.39 is 0 Å². The average Bonchev–Trinajstić information content (AvgIpc) is 2.73. The number of carbonyl (C=O) groups excluding carboxylic acids is 1. The molecule has 0 saturated heterocycles. The molecule has 0 bridgehead atoms. The van der Waals surface area contributed by atoms with Crippen molar-refractivity contribution in [2.75, 3.05) is 5.32 Å². The minimum absolute atomic E-state index is 0. The summed E-state index contributed by atoms with van der Waals surface area (Å²) < 4.78 is 0. The average molecular weight is 665 g/mol. The Labute approximate surface area is 237 Å². The van der Waals surface area contributed by atoms with Gasteiger partial charge >= 0.3 is 0 Å². The van der Waals surface area contributed by atoms with Crippen LogP contribution < -0.4 is 5.32 Å². The molecule has 194 valence electrons. The largest absolute Gasteiger partial charge is 0.813 e. The third kappa shape index (κ3) is 10.8. The first kappa shape index (κ1) is 37.8. The molecule has 2 aromatic carbocycles. The van der Waals surface area contributed by atoms with Crippen molar-refractivity contribution in [3.63, 3.8) is 0 Å². The summed E-state index contributed by atoms with van der Waals surface area (Å²) in [6.45, 7) is 22.9. The number of nitrogens with one attached hydrogen (secondary N) is 1. The summed E-state index contributed by atoms with van der Waals surface area (Å²) in [6.07, 6.45) is 8.25. The quantitative estimate of drug-likeness (QED) is 0.146. The van der Waals surface area contributed by atoms with E-state index in [4.69, 9.17) is 6.42 Å². The maximum absolute atomic E-state index is 11.0. The molecular weight excluding hydrogens is 618 g/mol. The fraction of sp³-hybridized carbons (Fsp3) is 0.452. The summed E-state index contributed by atoms with van der Waals surface area (Å²) in [5.41, 5.74) is 6.72. The molecule has 0 amide bonds. The van der Waals surface area contributed by atoms with Crippen molar-refractivity contribution >= 4 is 25.5 Å². The van der Waals surface area contributed by atoms with Crippen LogP contribution in [0.5, 0.6) is 0 Å². The monoisotopic (exact) mass is 664 g/mol. The standard InChI is InChI=1S/C16H21N.C14H20O.CH4.H2S.W/c1-7-13-9-14(11(3)4)16(17-8-2)15(10-13)12(5)6;1-13(2,3)11-7-6-8-12(9-11)14(4,5)10-15;;;/h1,8-12,17H,2H2,3-6H3;6-10H,1-5H3;1H4;1H2;/p-1. The molecule has 0 aromatic heterocycles. The molecule has 0 fully saturated rings. The Hall–Kier alpha value is -1.75. The van der Waals surface area contributed by atoms with E-state index in [2.05, 4.69) is 90.5 Å². The van der Waals surface area contributed by atoms with Crippen molar-refractivity contribution < 1.29 is 25.9 Å². The normalized spacial score (nSPS) is 10.5. The molecule has 0 aliphatic rings. The smallest absolute Gasteiger partial charge is 0.129 e. The van der Waals surface area contributed by atoms with Gasteiger partial charge in [-0.25, -0.2) is 0 Å². The summed E-state index contributed by atoms with van der Waals surface area (Å²) in [5.74, 6) is 3.60. The molecule has 4 heteroatoms.